The second-order valence-electron chi connectivity index (χ2n) is 6.58. The minimum atomic E-state index is -0.203. The fourth-order valence-corrected chi connectivity index (χ4v) is 3.24. The van der Waals surface area contributed by atoms with Crippen molar-refractivity contribution in [3.8, 4) is 0 Å². The minimum Gasteiger partial charge on any atom is -0.380 e. The van der Waals surface area contributed by atoms with Crippen LogP contribution in [0.15, 0.2) is 11.0 Å². The second kappa shape index (κ2) is 7.30. The van der Waals surface area contributed by atoms with Gasteiger partial charge in [0.25, 0.3) is 5.56 Å². The van der Waals surface area contributed by atoms with Crippen molar-refractivity contribution in [2.24, 2.45) is 11.8 Å². The van der Waals surface area contributed by atoms with Crippen molar-refractivity contribution >= 4 is 17.3 Å². The van der Waals surface area contributed by atoms with Crippen molar-refractivity contribution in [2.75, 3.05) is 5.32 Å². The van der Waals surface area contributed by atoms with Crippen molar-refractivity contribution in [1.29, 1.82) is 0 Å². The van der Waals surface area contributed by atoms with Gasteiger partial charge in [-0.3, -0.25) is 4.79 Å². The molecule has 1 aromatic heterocycles. The van der Waals surface area contributed by atoms with Gasteiger partial charge in [-0.1, -0.05) is 44.7 Å². The summed E-state index contributed by atoms with van der Waals surface area (Å²) < 4.78 is 1.45. The van der Waals surface area contributed by atoms with E-state index in [0.29, 0.717) is 30.1 Å². The van der Waals surface area contributed by atoms with Gasteiger partial charge in [-0.05, 0) is 31.6 Å². The first-order chi connectivity index (χ1) is 9.99. The molecule has 1 unspecified atom stereocenters. The molecule has 1 saturated carbocycles. The normalized spacial score (nSPS) is 18.0. The molecule has 118 valence electrons. The van der Waals surface area contributed by atoms with Crippen LogP contribution in [0, 0.1) is 11.8 Å². The van der Waals surface area contributed by atoms with Crippen LogP contribution in [0.25, 0.3) is 0 Å². The van der Waals surface area contributed by atoms with Crippen molar-refractivity contribution < 1.29 is 0 Å². The van der Waals surface area contributed by atoms with Crippen LogP contribution in [0.2, 0.25) is 5.02 Å². The van der Waals surface area contributed by atoms with E-state index >= 15 is 0 Å². The number of aromatic nitrogens is 2. The van der Waals surface area contributed by atoms with E-state index in [0.717, 1.165) is 0 Å². The molecule has 0 bridgehead atoms. The predicted molar refractivity (Wildman–Crippen MR) is 88.0 cm³/mol. The first kappa shape index (κ1) is 16.3. The van der Waals surface area contributed by atoms with Gasteiger partial charge in [0.15, 0.2) is 0 Å². The molecule has 1 aliphatic carbocycles. The van der Waals surface area contributed by atoms with Crippen LogP contribution < -0.4 is 10.9 Å². The molecule has 5 heteroatoms. The first-order valence-corrected chi connectivity index (χ1v) is 8.39. The molecule has 21 heavy (non-hydrogen) atoms. The Balaban J connectivity index is 2.09. The van der Waals surface area contributed by atoms with Gasteiger partial charge in [0.1, 0.15) is 5.02 Å². The Bertz CT molecular complexity index is 521. The molecule has 4 nitrogen and oxygen atoms in total. The average Bonchev–Trinajstić information content (AvgIpc) is 2.47. The number of nitrogens with zero attached hydrogens (tertiary/aromatic N) is 2. The molecule has 1 N–H and O–H groups in total. The summed E-state index contributed by atoms with van der Waals surface area (Å²) in [6.07, 6.45) is 8.15. The van der Waals surface area contributed by atoms with Gasteiger partial charge in [-0.15, -0.1) is 0 Å². The molecule has 0 spiro atoms. The highest BCUT2D eigenvalue weighted by atomic mass is 35.5. The van der Waals surface area contributed by atoms with Gasteiger partial charge in [0, 0.05) is 12.6 Å². The highest BCUT2D eigenvalue weighted by Gasteiger charge is 2.21. The molecule has 0 saturated heterocycles. The molecule has 1 atom stereocenters. The lowest BCUT2D eigenvalue weighted by Gasteiger charge is -2.29. The smallest absolute Gasteiger partial charge is 0.287 e. The van der Waals surface area contributed by atoms with E-state index in [1.54, 1.807) is 6.20 Å². The number of hydrogen-bond acceptors (Lipinski definition) is 3. The van der Waals surface area contributed by atoms with E-state index < -0.39 is 0 Å². The molecule has 1 aromatic rings. The quantitative estimate of drug-likeness (QED) is 0.896. The molecule has 1 heterocycles. The third-order valence-electron chi connectivity index (χ3n) is 4.26. The summed E-state index contributed by atoms with van der Waals surface area (Å²) in [6, 6.07) is 0.324. The number of halogens is 1. The zero-order valence-corrected chi connectivity index (χ0v) is 14.0. The summed E-state index contributed by atoms with van der Waals surface area (Å²) in [7, 11) is 0. The number of anilines is 1. The van der Waals surface area contributed by atoms with E-state index in [1.807, 2.05) is 0 Å². The molecule has 0 aliphatic heterocycles. The summed E-state index contributed by atoms with van der Waals surface area (Å²) >= 11 is 6.23. The molecule has 2 rings (SSSR count). The summed E-state index contributed by atoms with van der Waals surface area (Å²) in [4.78, 5) is 12.2. The monoisotopic (exact) mass is 311 g/mol. The van der Waals surface area contributed by atoms with E-state index in [1.165, 1.54) is 36.8 Å². The Hall–Kier alpha value is -1.03. The van der Waals surface area contributed by atoms with Crippen LogP contribution in [0.1, 0.15) is 52.9 Å². The van der Waals surface area contributed by atoms with Gasteiger partial charge in [0.05, 0.1) is 11.9 Å². The van der Waals surface area contributed by atoms with Gasteiger partial charge in [-0.25, -0.2) is 4.68 Å². The zero-order valence-electron chi connectivity index (χ0n) is 13.2. The van der Waals surface area contributed by atoms with Gasteiger partial charge < -0.3 is 5.32 Å². The standard InChI is InChI=1S/C16H26ClN3O/c1-11(2)10-20-16(21)15(17)14(9-18-20)19-12(3)13-7-5-4-6-8-13/h9,11-13,19H,4-8,10H2,1-3H3. The fourth-order valence-electron chi connectivity index (χ4n) is 3.04. The molecular weight excluding hydrogens is 286 g/mol. The first-order valence-electron chi connectivity index (χ1n) is 8.01. The van der Waals surface area contributed by atoms with Crippen molar-refractivity contribution in [2.45, 2.75) is 65.5 Å². The van der Waals surface area contributed by atoms with Crippen molar-refractivity contribution in [3.05, 3.63) is 21.6 Å². The van der Waals surface area contributed by atoms with Gasteiger partial charge in [-0.2, -0.15) is 5.10 Å². The summed E-state index contributed by atoms with van der Waals surface area (Å²) in [5, 5.41) is 7.89. The molecule has 0 aromatic carbocycles. The van der Waals surface area contributed by atoms with Gasteiger partial charge >= 0.3 is 0 Å². The Morgan fingerprint density at radius 3 is 2.62 bits per heavy atom. The minimum absolute atomic E-state index is 0.203. The largest absolute Gasteiger partial charge is 0.380 e. The maximum absolute atomic E-state index is 12.2. The lowest BCUT2D eigenvalue weighted by atomic mass is 9.84. The average molecular weight is 312 g/mol. The number of hydrogen-bond donors (Lipinski definition) is 1. The van der Waals surface area contributed by atoms with E-state index in [-0.39, 0.29) is 10.6 Å². The Kier molecular flexibility index (Phi) is 5.68. The van der Waals surface area contributed by atoms with Crippen LogP contribution in [0.3, 0.4) is 0 Å². The van der Waals surface area contributed by atoms with Crippen molar-refractivity contribution in [3.63, 3.8) is 0 Å². The maximum Gasteiger partial charge on any atom is 0.287 e. The van der Waals surface area contributed by atoms with Crippen LogP contribution in [0.5, 0.6) is 0 Å². The van der Waals surface area contributed by atoms with Crippen LogP contribution in [0.4, 0.5) is 5.69 Å². The fraction of sp³-hybridized carbons (Fsp3) is 0.750. The van der Waals surface area contributed by atoms with E-state index in [9.17, 15) is 4.79 Å². The third kappa shape index (κ3) is 4.22. The molecule has 0 amide bonds. The molecule has 0 radical (unpaired) electrons. The summed E-state index contributed by atoms with van der Waals surface area (Å²) in [5.41, 5.74) is 0.464. The van der Waals surface area contributed by atoms with Crippen LogP contribution in [-0.4, -0.2) is 15.8 Å². The molecule has 1 fully saturated rings. The Morgan fingerprint density at radius 2 is 2.00 bits per heavy atom. The van der Waals surface area contributed by atoms with E-state index in [4.69, 9.17) is 11.6 Å². The summed E-state index contributed by atoms with van der Waals surface area (Å²) in [5.74, 6) is 1.03. The lowest BCUT2D eigenvalue weighted by molar-refractivity contribution is 0.328. The van der Waals surface area contributed by atoms with Crippen LogP contribution >= 0.6 is 11.6 Å². The molecule has 1 aliphatic rings. The predicted octanol–water partition coefficient (Wildman–Crippen LogP) is 3.93. The number of rotatable bonds is 5. The highest BCUT2D eigenvalue weighted by Crippen LogP contribution is 2.28. The number of nitrogens with one attached hydrogen (secondary N) is 1. The van der Waals surface area contributed by atoms with Crippen LogP contribution in [-0.2, 0) is 6.54 Å². The summed E-state index contributed by atoms with van der Waals surface area (Å²) in [6.45, 7) is 6.88. The SMILES string of the molecule is CC(C)Cn1ncc(NC(C)C2CCCCC2)c(Cl)c1=O. The zero-order chi connectivity index (χ0) is 15.4. The second-order valence-corrected chi connectivity index (χ2v) is 6.96. The van der Waals surface area contributed by atoms with Gasteiger partial charge in [0.2, 0.25) is 0 Å². The van der Waals surface area contributed by atoms with Crippen molar-refractivity contribution in [1.82, 2.24) is 9.78 Å². The lowest BCUT2D eigenvalue weighted by Crippen LogP contribution is -2.30. The third-order valence-corrected chi connectivity index (χ3v) is 4.63. The topological polar surface area (TPSA) is 46.9 Å². The van der Waals surface area contributed by atoms with E-state index in [2.05, 4.69) is 31.2 Å². The molecular formula is C16H26ClN3O. The Labute approximate surface area is 131 Å². The Morgan fingerprint density at radius 1 is 1.33 bits per heavy atom. The maximum atomic E-state index is 12.2. The highest BCUT2D eigenvalue weighted by molar-refractivity contribution is 6.32.